The highest BCUT2D eigenvalue weighted by atomic mass is 16.7. The molecule has 3 rings (SSSR count). The lowest BCUT2D eigenvalue weighted by molar-refractivity contribution is 0.0728. The Balaban J connectivity index is 1.78. The van der Waals surface area contributed by atoms with E-state index in [0.717, 1.165) is 18.6 Å². The van der Waals surface area contributed by atoms with Gasteiger partial charge in [0.1, 0.15) is 5.76 Å². The second kappa shape index (κ2) is 6.56. The lowest BCUT2D eigenvalue weighted by Crippen LogP contribution is -2.31. The number of hydrogen-bond donors (Lipinski definition) is 0. The van der Waals surface area contributed by atoms with Gasteiger partial charge in [-0.15, -0.1) is 0 Å². The van der Waals surface area contributed by atoms with Gasteiger partial charge in [-0.1, -0.05) is 13.3 Å². The molecule has 0 saturated carbocycles. The van der Waals surface area contributed by atoms with Crippen LogP contribution < -0.4 is 9.47 Å². The minimum atomic E-state index is -0.0249. The highest BCUT2D eigenvalue weighted by Crippen LogP contribution is 2.32. The van der Waals surface area contributed by atoms with Gasteiger partial charge < -0.3 is 18.8 Å². The first kappa shape index (κ1) is 14.5. The molecule has 5 heteroatoms. The number of rotatable bonds is 6. The molecular formula is C17H19NO4. The number of carbonyl (C=O) groups excluding carboxylic acids is 1. The van der Waals surface area contributed by atoms with Crippen LogP contribution in [0.5, 0.6) is 11.5 Å². The van der Waals surface area contributed by atoms with Crippen molar-refractivity contribution >= 4 is 5.91 Å². The van der Waals surface area contributed by atoms with Crippen molar-refractivity contribution < 1.29 is 18.7 Å². The van der Waals surface area contributed by atoms with E-state index in [0.29, 0.717) is 30.2 Å². The fourth-order valence-corrected chi connectivity index (χ4v) is 2.40. The van der Waals surface area contributed by atoms with E-state index < -0.39 is 0 Å². The molecule has 0 fully saturated rings. The van der Waals surface area contributed by atoms with Crippen LogP contribution in [-0.2, 0) is 6.54 Å². The van der Waals surface area contributed by atoms with Crippen LogP contribution in [0.3, 0.4) is 0 Å². The Morgan fingerprint density at radius 2 is 2.09 bits per heavy atom. The molecule has 1 aliphatic rings. The van der Waals surface area contributed by atoms with Crippen molar-refractivity contribution in [3.8, 4) is 11.5 Å². The maximum absolute atomic E-state index is 12.8. The number of benzene rings is 1. The molecule has 0 saturated heterocycles. The van der Waals surface area contributed by atoms with Gasteiger partial charge >= 0.3 is 0 Å². The first-order valence-corrected chi connectivity index (χ1v) is 7.49. The maximum atomic E-state index is 12.8. The molecule has 0 N–H and O–H groups in total. The molecule has 116 valence electrons. The molecule has 1 amide bonds. The third kappa shape index (κ3) is 3.08. The van der Waals surface area contributed by atoms with Crippen LogP contribution in [0.25, 0.3) is 0 Å². The maximum Gasteiger partial charge on any atom is 0.254 e. The summed E-state index contributed by atoms with van der Waals surface area (Å²) in [7, 11) is 0. The number of hydrogen-bond acceptors (Lipinski definition) is 4. The lowest BCUT2D eigenvalue weighted by Gasteiger charge is -2.21. The molecule has 0 atom stereocenters. The van der Waals surface area contributed by atoms with Gasteiger partial charge in [0.2, 0.25) is 6.79 Å². The molecule has 5 nitrogen and oxygen atoms in total. The van der Waals surface area contributed by atoms with Gasteiger partial charge in [-0.05, 0) is 36.8 Å². The zero-order valence-corrected chi connectivity index (χ0v) is 12.6. The van der Waals surface area contributed by atoms with E-state index in [1.807, 2.05) is 12.1 Å². The van der Waals surface area contributed by atoms with E-state index >= 15 is 0 Å². The molecule has 2 aromatic rings. The van der Waals surface area contributed by atoms with Crippen LogP contribution in [0, 0.1) is 0 Å². The lowest BCUT2D eigenvalue weighted by atomic mass is 10.1. The number of fused-ring (bicyclic) bond motifs is 1. The van der Waals surface area contributed by atoms with Gasteiger partial charge in [0, 0.05) is 12.1 Å². The zero-order valence-electron chi connectivity index (χ0n) is 12.6. The Morgan fingerprint density at radius 1 is 1.23 bits per heavy atom. The molecule has 0 radical (unpaired) electrons. The van der Waals surface area contributed by atoms with E-state index in [1.54, 1.807) is 29.4 Å². The van der Waals surface area contributed by atoms with Crippen molar-refractivity contribution in [2.45, 2.75) is 26.3 Å². The number of ether oxygens (including phenoxy) is 2. The van der Waals surface area contributed by atoms with Crippen molar-refractivity contribution in [2.24, 2.45) is 0 Å². The number of nitrogens with zero attached hydrogens (tertiary/aromatic N) is 1. The Kier molecular flexibility index (Phi) is 4.32. The first-order chi connectivity index (χ1) is 10.8. The minimum absolute atomic E-state index is 0.0249. The van der Waals surface area contributed by atoms with Crippen LogP contribution >= 0.6 is 0 Å². The van der Waals surface area contributed by atoms with E-state index in [4.69, 9.17) is 13.9 Å². The van der Waals surface area contributed by atoms with Crippen molar-refractivity contribution in [1.82, 2.24) is 4.90 Å². The summed E-state index contributed by atoms with van der Waals surface area (Å²) < 4.78 is 16.0. The summed E-state index contributed by atoms with van der Waals surface area (Å²) in [4.78, 5) is 14.6. The minimum Gasteiger partial charge on any atom is -0.467 e. The number of amides is 1. The normalized spacial score (nSPS) is 12.4. The SMILES string of the molecule is CCCCN(Cc1ccco1)C(=O)c1ccc2c(c1)OCO2. The molecule has 2 heterocycles. The Bertz CT molecular complexity index is 636. The molecule has 1 aromatic heterocycles. The van der Waals surface area contributed by atoms with Crippen LogP contribution in [0.15, 0.2) is 41.0 Å². The number of unbranched alkanes of at least 4 members (excludes halogenated alkanes) is 1. The molecular weight excluding hydrogens is 282 g/mol. The van der Waals surface area contributed by atoms with Gasteiger partial charge in [0.25, 0.3) is 5.91 Å². The molecule has 1 aromatic carbocycles. The van der Waals surface area contributed by atoms with Gasteiger partial charge in [-0.3, -0.25) is 4.79 Å². The van der Waals surface area contributed by atoms with Gasteiger partial charge in [-0.25, -0.2) is 0 Å². The fourth-order valence-electron chi connectivity index (χ4n) is 2.40. The number of carbonyl (C=O) groups is 1. The van der Waals surface area contributed by atoms with Crippen LogP contribution in [-0.4, -0.2) is 24.1 Å². The van der Waals surface area contributed by atoms with Crippen LogP contribution in [0.1, 0.15) is 35.9 Å². The summed E-state index contributed by atoms with van der Waals surface area (Å²) in [5, 5.41) is 0. The molecule has 0 aliphatic carbocycles. The predicted molar refractivity (Wildman–Crippen MR) is 80.9 cm³/mol. The third-order valence-corrected chi connectivity index (χ3v) is 3.62. The molecule has 1 aliphatic heterocycles. The van der Waals surface area contributed by atoms with E-state index in [2.05, 4.69) is 6.92 Å². The molecule has 0 unspecified atom stereocenters. The average molecular weight is 301 g/mol. The quantitative estimate of drug-likeness (QED) is 0.820. The van der Waals surface area contributed by atoms with Crippen LogP contribution in [0.4, 0.5) is 0 Å². The van der Waals surface area contributed by atoms with E-state index in [9.17, 15) is 4.79 Å². The second-order valence-corrected chi connectivity index (χ2v) is 5.23. The summed E-state index contributed by atoms with van der Waals surface area (Å²) >= 11 is 0. The topological polar surface area (TPSA) is 51.9 Å². The van der Waals surface area contributed by atoms with Crippen molar-refractivity contribution in [2.75, 3.05) is 13.3 Å². The fraction of sp³-hybridized carbons (Fsp3) is 0.353. The van der Waals surface area contributed by atoms with Crippen LogP contribution in [0.2, 0.25) is 0 Å². The van der Waals surface area contributed by atoms with E-state index in [1.165, 1.54) is 0 Å². The zero-order chi connectivity index (χ0) is 15.4. The Labute approximate surface area is 129 Å². The standard InChI is InChI=1S/C17H19NO4/c1-2-3-8-18(11-14-5-4-9-20-14)17(19)13-6-7-15-16(10-13)22-12-21-15/h4-7,9-10H,2-3,8,11-12H2,1H3. The van der Waals surface area contributed by atoms with Gasteiger partial charge in [0.15, 0.2) is 11.5 Å². The van der Waals surface area contributed by atoms with Gasteiger partial charge in [-0.2, -0.15) is 0 Å². The Hall–Kier alpha value is -2.43. The smallest absolute Gasteiger partial charge is 0.254 e. The Morgan fingerprint density at radius 3 is 2.86 bits per heavy atom. The molecule has 22 heavy (non-hydrogen) atoms. The van der Waals surface area contributed by atoms with Crippen molar-refractivity contribution in [3.05, 3.63) is 47.9 Å². The summed E-state index contributed by atoms with van der Waals surface area (Å²) in [5.74, 6) is 2.07. The van der Waals surface area contributed by atoms with Crippen molar-refractivity contribution in [1.29, 1.82) is 0 Å². The summed E-state index contributed by atoms with van der Waals surface area (Å²) in [6.45, 7) is 3.49. The summed E-state index contributed by atoms with van der Waals surface area (Å²) in [6, 6.07) is 9.01. The number of furan rings is 1. The predicted octanol–water partition coefficient (Wildman–Crippen LogP) is 3.45. The second-order valence-electron chi connectivity index (χ2n) is 5.23. The molecule has 0 spiro atoms. The van der Waals surface area contributed by atoms with Crippen molar-refractivity contribution in [3.63, 3.8) is 0 Å². The first-order valence-electron chi connectivity index (χ1n) is 7.49. The summed E-state index contributed by atoms with van der Waals surface area (Å²) in [5.41, 5.74) is 0.604. The van der Waals surface area contributed by atoms with Gasteiger partial charge in [0.05, 0.1) is 12.8 Å². The highest BCUT2D eigenvalue weighted by molar-refractivity contribution is 5.95. The summed E-state index contributed by atoms with van der Waals surface area (Å²) in [6.07, 6.45) is 3.61. The third-order valence-electron chi connectivity index (χ3n) is 3.62. The molecule has 0 bridgehead atoms. The monoisotopic (exact) mass is 301 g/mol. The average Bonchev–Trinajstić information content (AvgIpc) is 3.21. The largest absolute Gasteiger partial charge is 0.467 e. The highest BCUT2D eigenvalue weighted by Gasteiger charge is 2.20. The van der Waals surface area contributed by atoms with E-state index in [-0.39, 0.29) is 12.7 Å².